The molecule has 1 aromatic carbocycles. The fourth-order valence-corrected chi connectivity index (χ4v) is 3.81. The molecular weight excluding hydrogens is 342 g/mol. The lowest BCUT2D eigenvalue weighted by Crippen LogP contribution is -2.52. The van der Waals surface area contributed by atoms with Gasteiger partial charge in [0.15, 0.2) is 5.96 Å². The fraction of sp³-hybridized carbons (Fsp3) is 0.450. The van der Waals surface area contributed by atoms with Crippen LogP contribution >= 0.6 is 0 Å². The number of hydrogen-bond donors (Lipinski definition) is 3. The van der Waals surface area contributed by atoms with Gasteiger partial charge in [-0.05, 0) is 31.0 Å². The number of nitrogens with zero attached hydrogens (tertiary/aromatic N) is 2. The molecule has 7 nitrogen and oxygen atoms in total. The van der Waals surface area contributed by atoms with Crippen molar-refractivity contribution in [2.45, 2.75) is 19.3 Å². The monoisotopic (exact) mass is 367 g/mol. The van der Waals surface area contributed by atoms with E-state index in [1.54, 1.807) is 25.2 Å². The second-order valence-electron chi connectivity index (χ2n) is 7.15. The molecule has 3 N–H and O–H groups in total. The van der Waals surface area contributed by atoms with Gasteiger partial charge in [-0.1, -0.05) is 12.0 Å². The van der Waals surface area contributed by atoms with Crippen LogP contribution in [0.15, 0.2) is 29.3 Å². The highest BCUT2D eigenvalue weighted by Gasteiger charge is 2.42. The third-order valence-electron chi connectivity index (χ3n) is 5.09. The SMILES string of the molecule is C#Cc1cccc(NC(=O)CNC(=NC)N2CCCC3(CNC(=O)C3)C2)c1. The summed E-state index contributed by atoms with van der Waals surface area (Å²) in [5, 5.41) is 8.89. The largest absolute Gasteiger partial charge is 0.355 e. The van der Waals surface area contributed by atoms with Gasteiger partial charge in [0.25, 0.3) is 0 Å². The number of rotatable bonds is 3. The molecule has 1 atom stereocenters. The highest BCUT2D eigenvalue weighted by molar-refractivity contribution is 5.95. The molecule has 0 radical (unpaired) electrons. The minimum atomic E-state index is -0.172. The molecule has 2 aliphatic rings. The Balaban J connectivity index is 1.55. The molecular formula is C20H25N5O2. The number of nitrogens with one attached hydrogen (secondary N) is 3. The Morgan fingerprint density at radius 3 is 3.04 bits per heavy atom. The van der Waals surface area contributed by atoms with Gasteiger partial charge in [-0.3, -0.25) is 14.6 Å². The number of benzene rings is 1. The van der Waals surface area contributed by atoms with Crippen molar-refractivity contribution < 1.29 is 9.59 Å². The van der Waals surface area contributed by atoms with E-state index in [9.17, 15) is 9.59 Å². The van der Waals surface area contributed by atoms with E-state index in [1.807, 2.05) is 6.07 Å². The molecule has 2 saturated heterocycles. The average Bonchev–Trinajstić information content (AvgIpc) is 3.02. The van der Waals surface area contributed by atoms with Crippen molar-refractivity contribution in [3.63, 3.8) is 0 Å². The van der Waals surface area contributed by atoms with Crippen LogP contribution in [0.5, 0.6) is 0 Å². The molecule has 3 rings (SSSR count). The van der Waals surface area contributed by atoms with Crippen LogP contribution in [0.4, 0.5) is 5.69 Å². The summed E-state index contributed by atoms with van der Waals surface area (Å²) in [7, 11) is 1.70. The van der Waals surface area contributed by atoms with Crippen molar-refractivity contribution in [2.24, 2.45) is 10.4 Å². The van der Waals surface area contributed by atoms with Crippen molar-refractivity contribution in [1.82, 2.24) is 15.5 Å². The van der Waals surface area contributed by atoms with Gasteiger partial charge in [-0.15, -0.1) is 6.42 Å². The smallest absolute Gasteiger partial charge is 0.243 e. The van der Waals surface area contributed by atoms with Crippen LogP contribution < -0.4 is 16.0 Å². The molecule has 1 unspecified atom stereocenters. The molecule has 1 spiro atoms. The molecule has 0 aliphatic carbocycles. The van der Waals surface area contributed by atoms with Crippen molar-refractivity contribution >= 4 is 23.5 Å². The number of aliphatic imine (C=N–C) groups is 1. The second kappa shape index (κ2) is 8.12. The molecule has 2 heterocycles. The lowest BCUT2D eigenvalue weighted by Gasteiger charge is -2.40. The predicted octanol–water partition coefficient (Wildman–Crippen LogP) is 0.784. The normalized spacial score (nSPS) is 22.3. The second-order valence-corrected chi connectivity index (χ2v) is 7.15. The van der Waals surface area contributed by atoms with Crippen LogP contribution in [0.25, 0.3) is 0 Å². The maximum absolute atomic E-state index is 12.3. The van der Waals surface area contributed by atoms with Crippen LogP contribution in [0.2, 0.25) is 0 Å². The lowest BCUT2D eigenvalue weighted by atomic mass is 9.79. The Hall–Kier alpha value is -3.01. The number of carbonyl (C=O) groups excluding carboxylic acids is 2. The summed E-state index contributed by atoms with van der Waals surface area (Å²) < 4.78 is 0. The van der Waals surface area contributed by atoms with Gasteiger partial charge in [-0.25, -0.2) is 0 Å². The Morgan fingerprint density at radius 2 is 2.33 bits per heavy atom. The zero-order valence-electron chi connectivity index (χ0n) is 15.5. The molecule has 2 amide bonds. The van der Waals surface area contributed by atoms with Crippen LogP contribution in [0, 0.1) is 17.8 Å². The third kappa shape index (κ3) is 4.59. The predicted molar refractivity (Wildman–Crippen MR) is 105 cm³/mol. The van der Waals surface area contributed by atoms with Gasteiger partial charge < -0.3 is 20.9 Å². The molecule has 7 heteroatoms. The number of amides is 2. The van der Waals surface area contributed by atoms with Crippen molar-refractivity contribution in [3.8, 4) is 12.3 Å². The van der Waals surface area contributed by atoms with Gasteiger partial charge in [0.2, 0.25) is 11.8 Å². The highest BCUT2D eigenvalue weighted by Crippen LogP contribution is 2.35. The molecule has 2 aliphatic heterocycles. The zero-order chi connectivity index (χ0) is 19.3. The van der Waals surface area contributed by atoms with Gasteiger partial charge in [0.1, 0.15) is 0 Å². The Bertz CT molecular complexity index is 798. The zero-order valence-corrected chi connectivity index (χ0v) is 15.5. The summed E-state index contributed by atoms with van der Waals surface area (Å²) in [6, 6.07) is 7.17. The third-order valence-corrected chi connectivity index (χ3v) is 5.09. The summed E-state index contributed by atoms with van der Waals surface area (Å²) in [5.41, 5.74) is 1.36. The number of guanidine groups is 1. The maximum Gasteiger partial charge on any atom is 0.243 e. The van der Waals surface area contributed by atoms with Crippen LogP contribution in [-0.4, -0.2) is 55.9 Å². The van der Waals surface area contributed by atoms with Crippen molar-refractivity contribution in [1.29, 1.82) is 0 Å². The topological polar surface area (TPSA) is 85.8 Å². The number of hydrogen-bond acceptors (Lipinski definition) is 3. The van der Waals surface area contributed by atoms with Crippen molar-refractivity contribution in [3.05, 3.63) is 29.8 Å². The van der Waals surface area contributed by atoms with Crippen molar-refractivity contribution in [2.75, 3.05) is 38.5 Å². The lowest BCUT2D eigenvalue weighted by molar-refractivity contribution is -0.120. The maximum atomic E-state index is 12.3. The minimum absolute atomic E-state index is 0.0229. The molecule has 142 valence electrons. The van der Waals surface area contributed by atoms with Gasteiger partial charge in [0, 0.05) is 49.8 Å². The first-order chi connectivity index (χ1) is 13.0. The molecule has 1 aromatic rings. The minimum Gasteiger partial charge on any atom is -0.355 e. The molecule has 0 saturated carbocycles. The average molecular weight is 367 g/mol. The standard InChI is InChI=1S/C20H25N5O2/c1-3-15-6-4-7-16(10-15)24-18(27)12-22-19(21-2)25-9-5-8-20(14-25)11-17(26)23-13-20/h1,4,6-7,10H,5,8-9,11-14H2,2H3,(H,21,22)(H,23,26)(H,24,27). The van der Waals surface area contributed by atoms with Crippen LogP contribution in [0.3, 0.4) is 0 Å². The summed E-state index contributed by atoms with van der Waals surface area (Å²) in [6.07, 6.45) is 7.98. The van der Waals surface area contributed by atoms with E-state index in [2.05, 4.69) is 31.8 Å². The molecule has 0 bridgehead atoms. The summed E-state index contributed by atoms with van der Waals surface area (Å²) in [4.78, 5) is 30.4. The van der Waals surface area contributed by atoms with E-state index in [0.29, 0.717) is 24.6 Å². The van der Waals surface area contributed by atoms with E-state index < -0.39 is 0 Å². The summed E-state index contributed by atoms with van der Waals surface area (Å²) in [6.45, 7) is 2.44. The van der Waals surface area contributed by atoms with Gasteiger partial charge in [-0.2, -0.15) is 0 Å². The molecule has 2 fully saturated rings. The van der Waals surface area contributed by atoms with Crippen LogP contribution in [0.1, 0.15) is 24.8 Å². The van der Waals surface area contributed by atoms with E-state index >= 15 is 0 Å². The highest BCUT2D eigenvalue weighted by atomic mass is 16.2. The fourth-order valence-electron chi connectivity index (χ4n) is 3.81. The number of anilines is 1. The quantitative estimate of drug-likeness (QED) is 0.419. The Morgan fingerprint density at radius 1 is 1.48 bits per heavy atom. The Kier molecular flexibility index (Phi) is 5.65. The van der Waals surface area contributed by atoms with E-state index in [-0.39, 0.29) is 23.8 Å². The number of carbonyl (C=O) groups is 2. The van der Waals surface area contributed by atoms with Gasteiger partial charge >= 0.3 is 0 Å². The number of terminal acetylenes is 1. The van der Waals surface area contributed by atoms with E-state index in [1.165, 1.54) is 0 Å². The Labute approximate surface area is 159 Å². The number of likely N-dealkylation sites (tertiary alicyclic amines) is 1. The first-order valence-corrected chi connectivity index (χ1v) is 9.12. The van der Waals surface area contributed by atoms with Gasteiger partial charge in [0.05, 0.1) is 6.54 Å². The first kappa shape index (κ1) is 18.8. The molecule has 0 aromatic heterocycles. The summed E-state index contributed by atoms with van der Waals surface area (Å²) in [5.74, 6) is 3.18. The number of piperidine rings is 1. The first-order valence-electron chi connectivity index (χ1n) is 9.12. The van der Waals surface area contributed by atoms with Crippen LogP contribution in [-0.2, 0) is 9.59 Å². The van der Waals surface area contributed by atoms with E-state index in [0.717, 1.165) is 31.5 Å². The molecule has 27 heavy (non-hydrogen) atoms. The summed E-state index contributed by atoms with van der Waals surface area (Å²) >= 11 is 0. The van der Waals surface area contributed by atoms with E-state index in [4.69, 9.17) is 6.42 Å².